The number of hydrogen-bond acceptors (Lipinski definition) is 4. The Bertz CT molecular complexity index is 1180. The number of anilines is 2. The zero-order valence-electron chi connectivity index (χ0n) is 19.5. The first-order valence-electron chi connectivity index (χ1n) is 11.5. The van der Waals surface area contributed by atoms with Crippen LogP contribution in [0.3, 0.4) is 0 Å². The third-order valence-corrected chi connectivity index (χ3v) is 6.73. The number of rotatable bonds is 7. The highest BCUT2D eigenvalue weighted by Gasteiger charge is 2.21. The van der Waals surface area contributed by atoms with Gasteiger partial charge in [0.25, 0.3) is 5.91 Å². The quantitative estimate of drug-likeness (QED) is 0.421. The van der Waals surface area contributed by atoms with Crippen LogP contribution in [0.5, 0.6) is 5.75 Å². The summed E-state index contributed by atoms with van der Waals surface area (Å²) in [6.45, 7) is 5.02. The fourth-order valence-electron chi connectivity index (χ4n) is 3.92. The molecule has 0 radical (unpaired) electrons. The number of halogens is 2. The number of carbonyl (C=O) groups is 1. The maximum Gasteiger partial charge on any atom is 0.262 e. The van der Waals surface area contributed by atoms with Gasteiger partial charge in [-0.25, -0.2) is 4.39 Å². The van der Waals surface area contributed by atoms with Gasteiger partial charge in [0.2, 0.25) is 0 Å². The first-order valence-corrected chi connectivity index (χ1v) is 12.3. The minimum absolute atomic E-state index is 0.148. The largest absolute Gasteiger partial charge is 0.482 e. The van der Waals surface area contributed by atoms with Gasteiger partial charge in [-0.3, -0.25) is 4.79 Å². The Morgan fingerprint density at radius 2 is 1.71 bits per heavy atom. The molecule has 1 heterocycles. The molecular formula is C27H27ClFN3O2S. The van der Waals surface area contributed by atoms with Gasteiger partial charge in [-0.05, 0) is 66.6 Å². The highest BCUT2D eigenvalue weighted by atomic mass is 35.5. The number of amides is 1. The van der Waals surface area contributed by atoms with Gasteiger partial charge in [0.15, 0.2) is 6.61 Å². The van der Waals surface area contributed by atoms with E-state index in [4.69, 9.17) is 28.6 Å². The Hall–Kier alpha value is -3.16. The van der Waals surface area contributed by atoms with E-state index in [0.717, 1.165) is 49.5 Å². The molecule has 8 heteroatoms. The van der Waals surface area contributed by atoms with Crippen LogP contribution in [0.1, 0.15) is 18.1 Å². The molecule has 35 heavy (non-hydrogen) atoms. The summed E-state index contributed by atoms with van der Waals surface area (Å²) in [7, 11) is 0. The van der Waals surface area contributed by atoms with Crippen molar-refractivity contribution in [1.29, 1.82) is 0 Å². The number of ether oxygens (including phenoxy) is 1. The molecule has 182 valence electrons. The Labute approximate surface area is 215 Å². The molecule has 1 aliphatic heterocycles. The van der Waals surface area contributed by atoms with Crippen molar-refractivity contribution in [3.8, 4) is 5.75 Å². The molecule has 0 atom stereocenters. The van der Waals surface area contributed by atoms with Gasteiger partial charge in [-0.15, -0.1) is 0 Å². The molecule has 1 fully saturated rings. The summed E-state index contributed by atoms with van der Waals surface area (Å²) < 4.78 is 18.8. The number of thiocarbonyl (C=S) groups is 1. The predicted molar refractivity (Wildman–Crippen MR) is 143 cm³/mol. The normalized spacial score (nSPS) is 13.5. The first-order chi connectivity index (χ1) is 16.9. The molecule has 5 nitrogen and oxygen atoms in total. The van der Waals surface area contributed by atoms with Crippen LogP contribution >= 0.6 is 23.8 Å². The molecule has 0 spiro atoms. The fourth-order valence-corrected chi connectivity index (χ4v) is 4.46. The van der Waals surface area contributed by atoms with E-state index in [2.05, 4.69) is 22.0 Å². The maximum absolute atomic E-state index is 13.2. The highest BCUT2D eigenvalue weighted by molar-refractivity contribution is 7.80. The van der Waals surface area contributed by atoms with E-state index in [1.807, 2.05) is 30.3 Å². The second-order valence-electron chi connectivity index (χ2n) is 8.29. The second-order valence-corrected chi connectivity index (χ2v) is 9.08. The summed E-state index contributed by atoms with van der Waals surface area (Å²) in [6, 6.07) is 19.6. The van der Waals surface area contributed by atoms with Crippen molar-refractivity contribution >= 4 is 46.1 Å². The number of nitrogens with one attached hydrogen (secondary N) is 1. The molecule has 4 rings (SSSR count). The van der Waals surface area contributed by atoms with Crippen LogP contribution in [0.2, 0.25) is 5.02 Å². The van der Waals surface area contributed by atoms with Gasteiger partial charge in [-0.2, -0.15) is 0 Å². The van der Waals surface area contributed by atoms with E-state index in [9.17, 15) is 9.18 Å². The van der Waals surface area contributed by atoms with Crippen LogP contribution < -0.4 is 15.0 Å². The molecular weight excluding hydrogens is 485 g/mol. The highest BCUT2D eigenvalue weighted by Crippen LogP contribution is 2.27. The number of piperazine rings is 1. The van der Waals surface area contributed by atoms with Gasteiger partial charge in [0.1, 0.15) is 16.6 Å². The number of nitrogens with zero attached hydrogens (tertiary/aromatic N) is 2. The lowest BCUT2D eigenvalue weighted by Crippen LogP contribution is -2.48. The number of hydrogen-bond donors (Lipinski definition) is 1. The summed E-state index contributed by atoms with van der Waals surface area (Å²) in [5, 5.41) is 3.21. The van der Waals surface area contributed by atoms with Gasteiger partial charge in [0.05, 0.1) is 5.02 Å². The van der Waals surface area contributed by atoms with Gasteiger partial charge in [0, 0.05) is 43.1 Å². The Kier molecular flexibility index (Phi) is 8.21. The summed E-state index contributed by atoms with van der Waals surface area (Å²) in [4.78, 5) is 17.3. The molecule has 0 bridgehead atoms. The van der Waals surface area contributed by atoms with Crippen LogP contribution in [0, 0.1) is 5.82 Å². The van der Waals surface area contributed by atoms with Crippen LogP contribution in [-0.4, -0.2) is 48.6 Å². The lowest BCUT2D eigenvalue weighted by atomic mass is 10.1. The Morgan fingerprint density at radius 1 is 1.03 bits per heavy atom. The maximum atomic E-state index is 13.2. The lowest BCUT2D eigenvalue weighted by Gasteiger charge is -2.37. The van der Waals surface area contributed by atoms with Crippen LogP contribution in [0.15, 0.2) is 66.7 Å². The van der Waals surface area contributed by atoms with Crippen molar-refractivity contribution in [1.82, 2.24) is 4.90 Å². The average Bonchev–Trinajstić information content (AvgIpc) is 2.88. The molecule has 1 amide bonds. The molecule has 1 N–H and O–H groups in total. The van der Waals surface area contributed by atoms with E-state index in [0.29, 0.717) is 15.8 Å². The minimum Gasteiger partial charge on any atom is -0.482 e. The van der Waals surface area contributed by atoms with Crippen molar-refractivity contribution in [3.63, 3.8) is 0 Å². The number of benzene rings is 3. The van der Waals surface area contributed by atoms with E-state index in [1.54, 1.807) is 24.3 Å². The zero-order chi connectivity index (χ0) is 24.8. The third kappa shape index (κ3) is 6.50. The summed E-state index contributed by atoms with van der Waals surface area (Å²) in [6.07, 6.45) is 0.946. The van der Waals surface area contributed by atoms with Gasteiger partial charge in [-0.1, -0.05) is 42.9 Å². The van der Waals surface area contributed by atoms with Crippen molar-refractivity contribution in [3.05, 3.63) is 88.7 Å². The topological polar surface area (TPSA) is 44.8 Å². The molecule has 0 aliphatic carbocycles. The van der Waals surface area contributed by atoms with Crippen LogP contribution in [-0.2, 0) is 11.2 Å². The molecule has 0 aromatic heterocycles. The smallest absolute Gasteiger partial charge is 0.262 e. The molecule has 1 saturated heterocycles. The molecule has 3 aromatic carbocycles. The van der Waals surface area contributed by atoms with Crippen LogP contribution in [0.25, 0.3) is 0 Å². The van der Waals surface area contributed by atoms with Gasteiger partial charge < -0.3 is 19.9 Å². The van der Waals surface area contributed by atoms with E-state index in [1.165, 1.54) is 17.7 Å². The van der Waals surface area contributed by atoms with Crippen molar-refractivity contribution < 1.29 is 13.9 Å². The van der Waals surface area contributed by atoms with E-state index >= 15 is 0 Å². The van der Waals surface area contributed by atoms with Gasteiger partial charge >= 0.3 is 0 Å². The van der Waals surface area contributed by atoms with Crippen molar-refractivity contribution in [2.75, 3.05) is 43.0 Å². The standard InChI is InChI=1S/C27H27ClFN3O2S/c1-2-19-3-8-22(9-4-19)30-26(33)18-34-25-12-5-20(17-24(25)28)27(35)32-15-13-31(14-16-32)23-10-6-21(29)7-11-23/h3-12,17H,2,13-16,18H2,1H3,(H,30,33). The van der Waals surface area contributed by atoms with Crippen molar-refractivity contribution in [2.45, 2.75) is 13.3 Å². The SMILES string of the molecule is CCc1ccc(NC(=O)COc2ccc(C(=S)N3CCN(c4ccc(F)cc4)CC3)cc2Cl)cc1. The number of carbonyl (C=O) groups excluding carboxylic acids is 1. The summed E-state index contributed by atoms with van der Waals surface area (Å²) in [5.74, 6) is -0.0695. The zero-order valence-corrected chi connectivity index (χ0v) is 21.0. The monoisotopic (exact) mass is 511 g/mol. The minimum atomic E-state index is -0.260. The average molecular weight is 512 g/mol. The fraction of sp³-hybridized carbons (Fsp3) is 0.259. The Morgan fingerprint density at radius 3 is 2.34 bits per heavy atom. The molecule has 3 aromatic rings. The third-order valence-electron chi connectivity index (χ3n) is 5.94. The Balaban J connectivity index is 1.29. The predicted octanol–water partition coefficient (Wildman–Crippen LogP) is 5.56. The van der Waals surface area contributed by atoms with Crippen LogP contribution in [0.4, 0.5) is 15.8 Å². The summed E-state index contributed by atoms with van der Waals surface area (Å²) >= 11 is 12.1. The molecule has 0 unspecified atom stereocenters. The van der Waals surface area contributed by atoms with E-state index in [-0.39, 0.29) is 18.3 Å². The second kappa shape index (κ2) is 11.5. The first kappa shape index (κ1) is 24.9. The summed E-state index contributed by atoms with van der Waals surface area (Å²) in [5.41, 5.74) is 3.76. The van der Waals surface area contributed by atoms with E-state index < -0.39 is 0 Å². The lowest BCUT2D eigenvalue weighted by molar-refractivity contribution is -0.118. The molecule has 1 aliphatic rings. The molecule has 0 saturated carbocycles. The van der Waals surface area contributed by atoms with Crippen molar-refractivity contribution in [2.24, 2.45) is 0 Å². The number of aryl methyl sites for hydroxylation is 1.